The fraction of sp³-hybridized carbons (Fsp3) is 0.471. The van der Waals surface area contributed by atoms with Gasteiger partial charge in [0.2, 0.25) is 5.82 Å². The van der Waals surface area contributed by atoms with Gasteiger partial charge in [0.1, 0.15) is 5.82 Å². The molecule has 10 heteroatoms. The number of benzene rings is 1. The zero-order valence-electron chi connectivity index (χ0n) is 14.9. The lowest BCUT2D eigenvalue weighted by Crippen LogP contribution is -2.14. The Bertz CT molecular complexity index is 812. The van der Waals surface area contributed by atoms with E-state index in [0.717, 1.165) is 0 Å². The van der Waals surface area contributed by atoms with E-state index in [1.165, 1.54) is 26.4 Å². The summed E-state index contributed by atoms with van der Waals surface area (Å²) >= 11 is 0. The average molecular weight is 387 g/mol. The van der Waals surface area contributed by atoms with E-state index in [1.54, 1.807) is 0 Å². The third kappa shape index (κ3) is 5.35. The van der Waals surface area contributed by atoms with Crippen LogP contribution in [0.5, 0.6) is 11.5 Å². The summed E-state index contributed by atoms with van der Waals surface area (Å²) < 4.78 is 49.7. The highest BCUT2D eigenvalue weighted by Gasteiger charge is 2.35. The Hall–Kier alpha value is -2.78. The highest BCUT2D eigenvalue weighted by atomic mass is 19.4. The molecule has 0 aliphatic carbocycles. The van der Waals surface area contributed by atoms with Crippen LogP contribution in [0.3, 0.4) is 0 Å². The molecule has 0 aliphatic rings. The topological polar surface area (TPSA) is 93.6 Å². The first kappa shape index (κ1) is 20.5. The molecule has 0 bridgehead atoms. The molecule has 1 aromatic heterocycles. The van der Waals surface area contributed by atoms with Gasteiger partial charge in [-0.15, -0.1) is 0 Å². The minimum absolute atomic E-state index is 0.0338. The van der Waals surface area contributed by atoms with Gasteiger partial charge in [-0.25, -0.2) is 9.97 Å². The maximum Gasteiger partial charge on any atom is 0.451 e. The Morgan fingerprint density at radius 1 is 1.11 bits per heavy atom. The minimum atomic E-state index is -4.70. The van der Waals surface area contributed by atoms with Crippen LogP contribution in [0.15, 0.2) is 12.1 Å². The number of carboxylic acid groups (broad SMARTS) is 1. The van der Waals surface area contributed by atoms with Gasteiger partial charge in [-0.1, -0.05) is 6.42 Å². The van der Waals surface area contributed by atoms with Crippen LogP contribution >= 0.6 is 0 Å². The Morgan fingerprint density at radius 2 is 1.78 bits per heavy atom. The van der Waals surface area contributed by atoms with Crippen LogP contribution in [0.1, 0.15) is 31.5 Å². The summed E-state index contributed by atoms with van der Waals surface area (Å²) in [7, 11) is 2.80. The number of aromatic nitrogens is 2. The van der Waals surface area contributed by atoms with E-state index in [-0.39, 0.29) is 23.5 Å². The Balaban J connectivity index is 2.29. The number of carboxylic acids is 1. The van der Waals surface area contributed by atoms with Crippen molar-refractivity contribution in [3.8, 4) is 11.5 Å². The van der Waals surface area contributed by atoms with Crippen molar-refractivity contribution in [3.63, 3.8) is 0 Å². The van der Waals surface area contributed by atoms with Crippen LogP contribution < -0.4 is 14.8 Å². The first-order valence-corrected chi connectivity index (χ1v) is 8.23. The van der Waals surface area contributed by atoms with Gasteiger partial charge in [-0.05, 0) is 18.9 Å². The number of aliphatic carboxylic acids is 1. The first-order valence-electron chi connectivity index (χ1n) is 8.23. The molecule has 0 spiro atoms. The van der Waals surface area contributed by atoms with E-state index < -0.39 is 18.0 Å². The number of alkyl halides is 3. The summed E-state index contributed by atoms with van der Waals surface area (Å²) in [5.41, 5.74) is 0.0725. The second-order valence-electron chi connectivity index (χ2n) is 5.75. The third-order valence-corrected chi connectivity index (χ3v) is 3.81. The van der Waals surface area contributed by atoms with Gasteiger partial charge in [0, 0.05) is 24.4 Å². The number of carbonyl (C=O) groups is 1. The van der Waals surface area contributed by atoms with Crippen LogP contribution in [0.2, 0.25) is 0 Å². The SMILES string of the molecule is COc1cc2nc(C(F)(F)F)nc(NCCCCCC(=O)O)c2cc1OC. The number of hydrogen-bond acceptors (Lipinski definition) is 6. The highest BCUT2D eigenvalue weighted by molar-refractivity contribution is 5.91. The fourth-order valence-corrected chi connectivity index (χ4v) is 2.50. The van der Waals surface area contributed by atoms with E-state index >= 15 is 0 Å². The number of unbranched alkanes of at least 4 members (excludes halogenated alkanes) is 2. The largest absolute Gasteiger partial charge is 0.493 e. The molecule has 0 unspecified atom stereocenters. The van der Waals surface area contributed by atoms with Crippen molar-refractivity contribution in [1.82, 2.24) is 9.97 Å². The van der Waals surface area contributed by atoms with Crippen molar-refractivity contribution in [1.29, 1.82) is 0 Å². The summed E-state index contributed by atoms with van der Waals surface area (Å²) in [6.45, 7) is 0.345. The minimum Gasteiger partial charge on any atom is -0.493 e. The molecular formula is C17H20F3N3O4. The van der Waals surface area contributed by atoms with Crippen molar-refractivity contribution >= 4 is 22.7 Å². The molecule has 0 saturated heterocycles. The molecule has 0 saturated carbocycles. The van der Waals surface area contributed by atoms with Crippen molar-refractivity contribution in [2.24, 2.45) is 0 Å². The molecule has 0 fully saturated rings. The quantitative estimate of drug-likeness (QED) is 0.633. The number of anilines is 1. The van der Waals surface area contributed by atoms with Gasteiger partial charge in [0.15, 0.2) is 11.5 Å². The smallest absolute Gasteiger partial charge is 0.451 e. The normalized spacial score (nSPS) is 11.4. The second kappa shape index (κ2) is 8.74. The molecule has 2 rings (SSSR count). The number of halogens is 3. The monoisotopic (exact) mass is 387 g/mol. The van der Waals surface area contributed by atoms with E-state index in [9.17, 15) is 18.0 Å². The van der Waals surface area contributed by atoms with Gasteiger partial charge < -0.3 is 19.9 Å². The Labute approximate surface area is 153 Å². The van der Waals surface area contributed by atoms with Gasteiger partial charge in [-0.3, -0.25) is 4.79 Å². The molecule has 27 heavy (non-hydrogen) atoms. The molecule has 1 heterocycles. The zero-order chi connectivity index (χ0) is 20.0. The third-order valence-electron chi connectivity index (χ3n) is 3.81. The van der Waals surface area contributed by atoms with Crippen LogP contribution in [-0.4, -0.2) is 41.8 Å². The van der Waals surface area contributed by atoms with Crippen LogP contribution in [0.25, 0.3) is 10.9 Å². The number of nitrogens with zero attached hydrogens (tertiary/aromatic N) is 2. The van der Waals surface area contributed by atoms with Crippen LogP contribution in [-0.2, 0) is 11.0 Å². The van der Waals surface area contributed by atoms with Crippen molar-refractivity contribution in [2.45, 2.75) is 31.9 Å². The summed E-state index contributed by atoms with van der Waals surface area (Å²) in [6, 6.07) is 2.88. The molecule has 0 atom stereocenters. The van der Waals surface area contributed by atoms with Crippen LogP contribution in [0.4, 0.5) is 19.0 Å². The zero-order valence-corrected chi connectivity index (χ0v) is 14.9. The Morgan fingerprint density at radius 3 is 2.37 bits per heavy atom. The fourth-order valence-electron chi connectivity index (χ4n) is 2.50. The molecule has 2 aromatic rings. The highest BCUT2D eigenvalue weighted by Crippen LogP contribution is 2.36. The molecule has 1 aromatic carbocycles. The van der Waals surface area contributed by atoms with E-state index in [2.05, 4.69) is 15.3 Å². The summed E-state index contributed by atoms with van der Waals surface area (Å²) in [6.07, 6.45) is -2.91. The number of methoxy groups -OCH3 is 2. The van der Waals surface area contributed by atoms with Crippen molar-refractivity contribution in [3.05, 3.63) is 18.0 Å². The standard InChI is InChI=1S/C17H20F3N3O4/c1-26-12-8-10-11(9-13(12)27-2)22-16(17(18,19)20)23-15(10)21-7-5-3-4-6-14(24)25/h8-9H,3-7H2,1-2H3,(H,24,25)(H,21,22,23). The number of hydrogen-bond donors (Lipinski definition) is 2. The van der Waals surface area contributed by atoms with Crippen molar-refractivity contribution < 1.29 is 32.5 Å². The number of nitrogens with one attached hydrogen (secondary N) is 1. The molecular weight excluding hydrogens is 367 g/mol. The maximum atomic E-state index is 13.1. The lowest BCUT2D eigenvalue weighted by atomic mass is 10.2. The molecule has 148 valence electrons. The predicted molar refractivity (Wildman–Crippen MR) is 92.2 cm³/mol. The second-order valence-corrected chi connectivity index (χ2v) is 5.75. The van der Waals surface area contributed by atoms with Gasteiger partial charge in [-0.2, -0.15) is 13.2 Å². The predicted octanol–water partition coefficient (Wildman–Crippen LogP) is 3.72. The summed E-state index contributed by atoms with van der Waals surface area (Å²) in [5.74, 6) is -1.49. The van der Waals surface area contributed by atoms with E-state index in [4.69, 9.17) is 14.6 Å². The molecule has 0 aliphatic heterocycles. The number of rotatable bonds is 9. The summed E-state index contributed by atoms with van der Waals surface area (Å²) in [5, 5.41) is 11.9. The maximum absolute atomic E-state index is 13.1. The molecule has 2 N–H and O–H groups in total. The molecule has 0 amide bonds. The van der Waals surface area contributed by atoms with Crippen molar-refractivity contribution in [2.75, 3.05) is 26.1 Å². The molecule has 7 nitrogen and oxygen atoms in total. The van der Waals surface area contributed by atoms with Crippen LogP contribution in [0, 0.1) is 0 Å². The van der Waals surface area contributed by atoms with E-state index in [0.29, 0.717) is 36.9 Å². The number of ether oxygens (including phenoxy) is 2. The summed E-state index contributed by atoms with van der Waals surface area (Å²) in [4.78, 5) is 17.7. The van der Waals surface area contributed by atoms with Gasteiger partial charge >= 0.3 is 12.1 Å². The molecule has 0 radical (unpaired) electrons. The average Bonchev–Trinajstić information content (AvgIpc) is 2.61. The number of fused-ring (bicyclic) bond motifs is 1. The lowest BCUT2D eigenvalue weighted by molar-refractivity contribution is -0.144. The van der Waals surface area contributed by atoms with Gasteiger partial charge in [0.05, 0.1) is 19.7 Å². The van der Waals surface area contributed by atoms with Gasteiger partial charge in [0.25, 0.3) is 0 Å². The van der Waals surface area contributed by atoms with E-state index in [1.807, 2.05) is 0 Å². The lowest BCUT2D eigenvalue weighted by Gasteiger charge is -2.14. The Kier molecular flexibility index (Phi) is 6.65. The first-order chi connectivity index (χ1) is 12.8.